The highest BCUT2D eigenvalue weighted by molar-refractivity contribution is 5.31. The maximum atomic E-state index is 4.39. The summed E-state index contributed by atoms with van der Waals surface area (Å²) in [6.07, 6.45) is 5.25. The van der Waals surface area contributed by atoms with Crippen molar-refractivity contribution in [2.45, 2.75) is 6.42 Å². The topological polar surface area (TPSA) is 29.9 Å². The number of nitrogens with zero attached hydrogens (tertiary/aromatic N) is 2. The molecule has 0 unspecified atom stereocenters. The Bertz CT molecular complexity index is 457. The fourth-order valence-corrected chi connectivity index (χ4v) is 2.01. The molecule has 1 saturated heterocycles. The van der Waals surface area contributed by atoms with Crippen LogP contribution in [0.4, 0.5) is 0 Å². The van der Waals surface area contributed by atoms with E-state index in [9.17, 15) is 0 Å². The van der Waals surface area contributed by atoms with Crippen LogP contribution in [0.5, 0.6) is 0 Å². The molecular formula is C13H15N3. The van der Waals surface area contributed by atoms with Gasteiger partial charge in [0.25, 0.3) is 0 Å². The van der Waals surface area contributed by atoms with Gasteiger partial charge in [-0.15, -0.1) is 0 Å². The monoisotopic (exact) mass is 213 g/mol. The molecule has 2 heterocycles. The van der Waals surface area contributed by atoms with Gasteiger partial charge in [0, 0.05) is 6.20 Å². The number of benzene rings is 1. The first-order valence-corrected chi connectivity index (χ1v) is 5.71. The average Bonchev–Trinajstić information content (AvgIpc) is 2.73. The van der Waals surface area contributed by atoms with Crippen molar-refractivity contribution in [3.63, 3.8) is 0 Å². The quantitative estimate of drug-likeness (QED) is 0.840. The Balaban J connectivity index is 1.77. The van der Waals surface area contributed by atoms with Gasteiger partial charge in [0.2, 0.25) is 0 Å². The lowest BCUT2D eigenvalue weighted by Gasteiger charge is -2.26. The summed E-state index contributed by atoms with van der Waals surface area (Å²) in [7, 11) is 0. The van der Waals surface area contributed by atoms with E-state index in [1.54, 1.807) is 0 Å². The maximum absolute atomic E-state index is 4.39. The lowest BCUT2D eigenvalue weighted by molar-refractivity contribution is 0.346. The van der Waals surface area contributed by atoms with Crippen LogP contribution in [0.2, 0.25) is 0 Å². The first kappa shape index (κ1) is 9.60. The zero-order chi connectivity index (χ0) is 10.8. The minimum absolute atomic E-state index is 0.799. The standard InChI is InChI=1S/C13H15N3/c1-2-4-13(5-3-1)16-10-12(9-15-16)6-11-7-14-8-11/h1-5,9-11,14H,6-8H2. The Labute approximate surface area is 95.1 Å². The Hall–Kier alpha value is -1.61. The fourth-order valence-electron chi connectivity index (χ4n) is 2.01. The fraction of sp³-hybridized carbons (Fsp3) is 0.308. The second kappa shape index (κ2) is 4.10. The Morgan fingerprint density at radius 2 is 2.06 bits per heavy atom. The van der Waals surface area contributed by atoms with Crippen LogP contribution in [-0.2, 0) is 6.42 Å². The van der Waals surface area contributed by atoms with Crippen molar-refractivity contribution in [3.8, 4) is 5.69 Å². The highest BCUT2D eigenvalue weighted by Gasteiger charge is 2.17. The molecule has 0 saturated carbocycles. The second-order valence-electron chi connectivity index (χ2n) is 4.36. The smallest absolute Gasteiger partial charge is 0.0645 e. The molecular weight excluding hydrogens is 198 g/mol. The minimum atomic E-state index is 0.799. The molecule has 1 N–H and O–H groups in total. The zero-order valence-electron chi connectivity index (χ0n) is 9.13. The van der Waals surface area contributed by atoms with Crippen LogP contribution >= 0.6 is 0 Å². The summed E-state index contributed by atoms with van der Waals surface area (Å²) in [6, 6.07) is 10.2. The third kappa shape index (κ3) is 1.86. The number of hydrogen-bond acceptors (Lipinski definition) is 2. The van der Waals surface area contributed by atoms with Crippen LogP contribution in [0.3, 0.4) is 0 Å². The third-order valence-corrected chi connectivity index (χ3v) is 3.05. The van der Waals surface area contributed by atoms with Gasteiger partial charge in [-0.2, -0.15) is 5.10 Å². The van der Waals surface area contributed by atoms with Gasteiger partial charge < -0.3 is 5.32 Å². The van der Waals surface area contributed by atoms with Gasteiger partial charge in [-0.25, -0.2) is 4.68 Å². The van der Waals surface area contributed by atoms with Crippen LogP contribution in [-0.4, -0.2) is 22.9 Å². The van der Waals surface area contributed by atoms with Crippen LogP contribution in [0.25, 0.3) is 5.69 Å². The second-order valence-corrected chi connectivity index (χ2v) is 4.36. The van der Waals surface area contributed by atoms with E-state index in [1.807, 2.05) is 29.1 Å². The molecule has 16 heavy (non-hydrogen) atoms. The zero-order valence-corrected chi connectivity index (χ0v) is 9.13. The molecule has 1 aliphatic rings. The van der Waals surface area contributed by atoms with Crippen LogP contribution in [0.15, 0.2) is 42.7 Å². The number of para-hydroxylation sites is 1. The average molecular weight is 213 g/mol. The summed E-state index contributed by atoms with van der Waals surface area (Å²) in [5.74, 6) is 0.799. The molecule has 0 spiro atoms. The molecule has 3 rings (SSSR count). The summed E-state index contributed by atoms with van der Waals surface area (Å²) in [5, 5.41) is 7.69. The van der Waals surface area contributed by atoms with Crippen molar-refractivity contribution >= 4 is 0 Å². The minimum Gasteiger partial charge on any atom is -0.316 e. The third-order valence-electron chi connectivity index (χ3n) is 3.05. The molecule has 2 aromatic rings. The van der Waals surface area contributed by atoms with Gasteiger partial charge >= 0.3 is 0 Å². The van der Waals surface area contributed by atoms with E-state index in [0.717, 1.165) is 31.1 Å². The Morgan fingerprint density at radius 3 is 2.75 bits per heavy atom. The molecule has 0 radical (unpaired) electrons. The summed E-state index contributed by atoms with van der Waals surface area (Å²) in [6.45, 7) is 2.30. The molecule has 0 amide bonds. The van der Waals surface area contributed by atoms with Crippen molar-refractivity contribution in [2.24, 2.45) is 5.92 Å². The van der Waals surface area contributed by atoms with Crippen LogP contribution in [0.1, 0.15) is 5.56 Å². The normalized spacial score (nSPS) is 16.0. The molecule has 82 valence electrons. The van der Waals surface area contributed by atoms with E-state index < -0.39 is 0 Å². The van der Waals surface area contributed by atoms with E-state index in [0.29, 0.717) is 0 Å². The predicted octanol–water partition coefficient (Wildman–Crippen LogP) is 1.63. The molecule has 1 aliphatic heterocycles. The first-order valence-electron chi connectivity index (χ1n) is 5.71. The number of nitrogens with one attached hydrogen (secondary N) is 1. The molecule has 1 aromatic heterocycles. The summed E-state index contributed by atoms with van der Waals surface area (Å²) in [4.78, 5) is 0. The molecule has 3 nitrogen and oxygen atoms in total. The van der Waals surface area contributed by atoms with Crippen molar-refractivity contribution < 1.29 is 0 Å². The van der Waals surface area contributed by atoms with Crippen LogP contribution in [0, 0.1) is 5.92 Å². The summed E-state index contributed by atoms with van der Waals surface area (Å²) < 4.78 is 1.95. The summed E-state index contributed by atoms with van der Waals surface area (Å²) in [5.41, 5.74) is 2.45. The van der Waals surface area contributed by atoms with E-state index in [-0.39, 0.29) is 0 Å². The van der Waals surface area contributed by atoms with Crippen molar-refractivity contribution in [1.29, 1.82) is 0 Å². The highest BCUT2D eigenvalue weighted by atomic mass is 15.3. The van der Waals surface area contributed by atoms with Gasteiger partial charge in [0.15, 0.2) is 0 Å². The van der Waals surface area contributed by atoms with Gasteiger partial charge in [-0.05, 0) is 43.1 Å². The van der Waals surface area contributed by atoms with E-state index in [1.165, 1.54) is 5.56 Å². The van der Waals surface area contributed by atoms with Gasteiger partial charge in [-0.3, -0.25) is 0 Å². The Morgan fingerprint density at radius 1 is 1.25 bits per heavy atom. The molecule has 0 bridgehead atoms. The number of rotatable bonds is 3. The van der Waals surface area contributed by atoms with Crippen LogP contribution < -0.4 is 5.32 Å². The highest BCUT2D eigenvalue weighted by Crippen LogP contribution is 2.13. The lowest BCUT2D eigenvalue weighted by Crippen LogP contribution is -2.42. The molecule has 1 fully saturated rings. The molecule has 0 atom stereocenters. The maximum Gasteiger partial charge on any atom is 0.0645 e. The Kier molecular flexibility index (Phi) is 2.46. The SMILES string of the molecule is c1ccc(-n2cc(CC3CNC3)cn2)cc1. The van der Waals surface area contributed by atoms with Crippen molar-refractivity contribution in [1.82, 2.24) is 15.1 Å². The number of hydrogen-bond donors (Lipinski definition) is 1. The largest absolute Gasteiger partial charge is 0.316 e. The van der Waals surface area contributed by atoms with Gasteiger partial charge in [-0.1, -0.05) is 18.2 Å². The van der Waals surface area contributed by atoms with Gasteiger partial charge in [0.1, 0.15) is 0 Å². The molecule has 1 aromatic carbocycles. The van der Waals surface area contributed by atoms with Gasteiger partial charge in [0.05, 0.1) is 11.9 Å². The lowest BCUT2D eigenvalue weighted by atomic mass is 9.96. The molecule has 3 heteroatoms. The predicted molar refractivity (Wildman–Crippen MR) is 63.6 cm³/mol. The van der Waals surface area contributed by atoms with Crippen molar-refractivity contribution in [2.75, 3.05) is 13.1 Å². The summed E-state index contributed by atoms with van der Waals surface area (Å²) >= 11 is 0. The number of aromatic nitrogens is 2. The van der Waals surface area contributed by atoms with Crippen molar-refractivity contribution in [3.05, 3.63) is 48.3 Å². The van der Waals surface area contributed by atoms with E-state index in [2.05, 4.69) is 28.7 Å². The van der Waals surface area contributed by atoms with E-state index >= 15 is 0 Å². The van der Waals surface area contributed by atoms with E-state index in [4.69, 9.17) is 0 Å². The first-order chi connectivity index (χ1) is 7.92. The molecule has 0 aliphatic carbocycles.